The van der Waals surface area contributed by atoms with E-state index in [-0.39, 0.29) is 23.8 Å². The van der Waals surface area contributed by atoms with Crippen LogP contribution in [-0.4, -0.2) is 54.3 Å². The Morgan fingerprint density at radius 3 is 1.64 bits per heavy atom. The summed E-state index contributed by atoms with van der Waals surface area (Å²) in [6.07, 6.45) is -0.989. The van der Waals surface area contributed by atoms with Gasteiger partial charge in [-0.15, -0.1) is 0 Å². The Morgan fingerprint density at radius 2 is 1.19 bits per heavy atom. The van der Waals surface area contributed by atoms with Crippen molar-refractivity contribution in [2.75, 3.05) is 20.3 Å². The van der Waals surface area contributed by atoms with Gasteiger partial charge in [-0.05, 0) is 16.7 Å². The van der Waals surface area contributed by atoms with Crippen LogP contribution in [0.25, 0.3) is 10.4 Å². The van der Waals surface area contributed by atoms with Crippen molar-refractivity contribution in [3.8, 4) is 0 Å². The molecule has 0 aromatic heterocycles. The Balaban J connectivity index is 1.59. The molecule has 4 rings (SSSR count). The maximum Gasteiger partial charge on any atom is 0.156 e. The average molecular weight is 490 g/mol. The van der Waals surface area contributed by atoms with Crippen molar-refractivity contribution in [3.63, 3.8) is 0 Å². The second kappa shape index (κ2) is 12.6. The molecule has 1 fully saturated rings. The number of hydrogen-bond donors (Lipinski definition) is 1. The summed E-state index contributed by atoms with van der Waals surface area (Å²) >= 11 is 0. The molecule has 0 saturated carbocycles. The number of hydrogen-bond acceptors (Lipinski definition) is 5. The summed E-state index contributed by atoms with van der Waals surface area (Å²) in [6.45, 7) is 1.17. The summed E-state index contributed by atoms with van der Waals surface area (Å²) in [7, 11) is 1.81. The van der Waals surface area contributed by atoms with Crippen LogP contribution in [0, 0.1) is 0 Å². The largest absolute Gasteiger partial charge is 0.390 e. The smallest absolute Gasteiger partial charge is 0.156 e. The van der Waals surface area contributed by atoms with Gasteiger partial charge in [0.2, 0.25) is 0 Å². The number of aliphatic hydroxyl groups is 1. The number of likely N-dealkylation sites (tertiary alicyclic amines) is 1. The Bertz CT molecular complexity index is 1110. The SMILES string of the molecule is C[N+]1(N=[N+]=[N-])[C@H](COCc2ccccc2)[C@@H](OCc2ccccc2)[C@H](OCc2ccccc2)[C@@H]1CO. The van der Waals surface area contributed by atoms with E-state index in [9.17, 15) is 10.6 Å². The molecule has 1 aliphatic rings. The van der Waals surface area contributed by atoms with Crippen LogP contribution in [0.3, 0.4) is 0 Å². The summed E-state index contributed by atoms with van der Waals surface area (Å²) in [5.74, 6) is 0. The lowest BCUT2D eigenvalue weighted by Gasteiger charge is -2.33. The Labute approximate surface area is 211 Å². The topological polar surface area (TPSA) is 96.7 Å². The van der Waals surface area contributed by atoms with Gasteiger partial charge in [0.25, 0.3) is 0 Å². The van der Waals surface area contributed by atoms with Crippen LogP contribution >= 0.6 is 0 Å². The number of nitrogens with zero attached hydrogens (tertiary/aromatic N) is 4. The first-order chi connectivity index (χ1) is 17.7. The molecule has 1 saturated heterocycles. The Hall–Kier alpha value is -3.23. The first kappa shape index (κ1) is 25.9. The molecular weight excluding hydrogens is 456 g/mol. The van der Waals surface area contributed by atoms with E-state index in [1.165, 1.54) is 0 Å². The van der Waals surface area contributed by atoms with E-state index in [4.69, 9.17) is 14.2 Å². The average Bonchev–Trinajstić information content (AvgIpc) is 3.14. The molecule has 3 aromatic carbocycles. The maximum atomic E-state index is 10.4. The minimum atomic E-state index is -0.518. The Morgan fingerprint density at radius 1 is 0.750 bits per heavy atom. The van der Waals surface area contributed by atoms with Gasteiger partial charge in [-0.3, -0.25) is 0 Å². The van der Waals surface area contributed by atoms with Gasteiger partial charge >= 0.3 is 0 Å². The zero-order chi connectivity index (χ0) is 25.2. The fourth-order valence-electron chi connectivity index (χ4n) is 4.83. The summed E-state index contributed by atoms with van der Waals surface area (Å²) in [6, 6.07) is 28.7. The molecule has 5 atom stereocenters. The van der Waals surface area contributed by atoms with Crippen molar-refractivity contribution < 1.29 is 23.9 Å². The molecule has 0 bridgehead atoms. The second-order valence-corrected chi connectivity index (χ2v) is 9.12. The highest BCUT2D eigenvalue weighted by molar-refractivity contribution is 5.15. The van der Waals surface area contributed by atoms with Gasteiger partial charge in [-0.1, -0.05) is 91.0 Å². The minimum absolute atomic E-state index is 0.124. The lowest BCUT2D eigenvalue weighted by Crippen LogP contribution is -2.54. The molecule has 8 nitrogen and oxygen atoms in total. The Kier molecular flexibility index (Phi) is 9.08. The molecule has 0 radical (unpaired) electrons. The molecular formula is C28H33N4O4+. The van der Waals surface area contributed by atoms with Gasteiger partial charge in [-0.2, -0.15) is 0 Å². The summed E-state index contributed by atoms with van der Waals surface area (Å²) in [5.41, 5.74) is 12.5. The highest BCUT2D eigenvalue weighted by atomic mass is 16.6. The van der Waals surface area contributed by atoms with Crippen LogP contribution in [0.4, 0.5) is 0 Å². The van der Waals surface area contributed by atoms with Crippen LogP contribution in [-0.2, 0) is 34.0 Å². The number of azide groups is 1. The molecule has 1 N–H and O–H groups in total. The van der Waals surface area contributed by atoms with Crippen molar-refractivity contribution in [3.05, 3.63) is 118 Å². The van der Waals surface area contributed by atoms with E-state index in [0.717, 1.165) is 16.7 Å². The third-order valence-corrected chi connectivity index (χ3v) is 6.82. The summed E-state index contributed by atoms with van der Waals surface area (Å²) < 4.78 is 18.8. The van der Waals surface area contributed by atoms with E-state index in [2.05, 4.69) is 10.1 Å². The van der Waals surface area contributed by atoms with Gasteiger partial charge in [0, 0.05) is 5.53 Å². The number of ether oxygens (including phenoxy) is 3. The van der Waals surface area contributed by atoms with Gasteiger partial charge in [0.15, 0.2) is 12.1 Å². The van der Waals surface area contributed by atoms with E-state index >= 15 is 0 Å². The standard InChI is InChI=1S/C28H33N4O4/c1-32(31-30-29)25(17-33)27(35-19-23-13-7-3-8-14-23)28(36-20-24-15-9-4-10-16-24)26(32)21-34-18-22-11-5-2-6-12-22/h2-16,25-28,33H,17-21H2,1H3/q+1/t25-,26+,27+,28+,32?/m0/s1. The van der Waals surface area contributed by atoms with Gasteiger partial charge in [0.1, 0.15) is 24.0 Å². The van der Waals surface area contributed by atoms with Gasteiger partial charge in [0.05, 0.1) is 38.4 Å². The first-order valence-electron chi connectivity index (χ1n) is 12.1. The van der Waals surface area contributed by atoms with Crippen molar-refractivity contribution >= 4 is 0 Å². The molecule has 36 heavy (non-hydrogen) atoms. The van der Waals surface area contributed by atoms with E-state index in [0.29, 0.717) is 19.8 Å². The third kappa shape index (κ3) is 6.12. The number of aliphatic hydroxyl groups excluding tert-OH is 1. The summed E-state index contributed by atoms with van der Waals surface area (Å²) in [5, 5.41) is 14.6. The molecule has 8 heteroatoms. The number of likely N-dealkylation sites (N-methyl/N-ethyl adjacent to an activating group) is 1. The van der Waals surface area contributed by atoms with Gasteiger partial charge in [-0.25, -0.2) is 4.59 Å². The molecule has 1 aliphatic heterocycles. The van der Waals surface area contributed by atoms with Crippen molar-refractivity contribution in [1.29, 1.82) is 0 Å². The number of rotatable bonds is 12. The zero-order valence-corrected chi connectivity index (χ0v) is 20.5. The maximum absolute atomic E-state index is 10.4. The van der Waals surface area contributed by atoms with Gasteiger partial charge < -0.3 is 19.3 Å². The quantitative estimate of drug-likeness (QED) is 0.171. The van der Waals surface area contributed by atoms with Crippen LogP contribution in [0.5, 0.6) is 0 Å². The van der Waals surface area contributed by atoms with Crippen molar-refractivity contribution in [1.82, 2.24) is 0 Å². The second-order valence-electron chi connectivity index (χ2n) is 9.12. The molecule has 3 aromatic rings. The zero-order valence-electron chi connectivity index (χ0n) is 20.5. The number of quaternary nitrogens is 1. The van der Waals surface area contributed by atoms with E-state index in [1.54, 1.807) is 0 Å². The van der Waals surface area contributed by atoms with E-state index < -0.39 is 18.2 Å². The van der Waals surface area contributed by atoms with E-state index in [1.807, 2.05) is 98.0 Å². The highest BCUT2D eigenvalue weighted by Gasteiger charge is 2.61. The monoisotopic (exact) mass is 489 g/mol. The van der Waals surface area contributed by atoms with Crippen molar-refractivity contribution in [2.24, 2.45) is 5.22 Å². The fourth-order valence-corrected chi connectivity index (χ4v) is 4.83. The predicted molar refractivity (Wildman–Crippen MR) is 136 cm³/mol. The number of benzene rings is 3. The van der Waals surface area contributed by atoms with Crippen LogP contribution < -0.4 is 0 Å². The molecule has 1 heterocycles. The lowest BCUT2D eigenvalue weighted by atomic mass is 10.1. The normalized spacial score (nSPS) is 25.4. The van der Waals surface area contributed by atoms with Crippen LogP contribution in [0.2, 0.25) is 0 Å². The molecule has 0 spiro atoms. The molecule has 0 aliphatic carbocycles. The first-order valence-corrected chi connectivity index (χ1v) is 12.1. The summed E-state index contributed by atoms with van der Waals surface area (Å²) in [4.78, 5) is 3.13. The van der Waals surface area contributed by atoms with Crippen LogP contribution in [0.1, 0.15) is 16.7 Å². The molecule has 0 amide bonds. The molecule has 188 valence electrons. The van der Waals surface area contributed by atoms with Crippen LogP contribution in [0.15, 0.2) is 96.2 Å². The van der Waals surface area contributed by atoms with Crippen molar-refractivity contribution in [2.45, 2.75) is 44.1 Å². The fraction of sp³-hybridized carbons (Fsp3) is 0.357. The third-order valence-electron chi connectivity index (χ3n) is 6.82. The molecule has 1 unspecified atom stereocenters. The predicted octanol–water partition coefficient (Wildman–Crippen LogP) is 4.79. The lowest BCUT2D eigenvalue weighted by molar-refractivity contribution is -0.955. The highest BCUT2D eigenvalue weighted by Crippen LogP contribution is 2.38. The minimum Gasteiger partial charge on any atom is -0.390 e.